The summed E-state index contributed by atoms with van der Waals surface area (Å²) in [6, 6.07) is 64.7. The Labute approximate surface area is 488 Å². The minimum atomic E-state index is -0.446. The topological polar surface area (TPSA) is 78.7 Å². The van der Waals surface area contributed by atoms with E-state index in [4.69, 9.17) is 33.8 Å². The molecule has 2 aliphatic rings. The molecule has 8 heteroatoms. The van der Waals surface area contributed by atoms with Crippen LogP contribution in [0.5, 0.6) is 0 Å². The van der Waals surface area contributed by atoms with Crippen LogP contribution in [-0.4, -0.2) is 0 Å². The molecule has 4 nitrogen and oxygen atoms in total. The van der Waals surface area contributed by atoms with Crippen molar-refractivity contribution >= 4 is 47.7 Å². The van der Waals surface area contributed by atoms with Gasteiger partial charge in [-0.1, -0.05) is 251 Å². The van der Waals surface area contributed by atoms with E-state index in [2.05, 4.69) is 299 Å². The van der Waals surface area contributed by atoms with Crippen molar-refractivity contribution in [3.05, 3.63) is 275 Å². The van der Waals surface area contributed by atoms with Crippen LogP contribution in [0.1, 0.15) is 69.2 Å². The van der Waals surface area contributed by atoms with Gasteiger partial charge in [-0.3, -0.25) is 11.8 Å². The van der Waals surface area contributed by atoms with E-state index in [-0.39, 0.29) is 40.8 Å². The van der Waals surface area contributed by atoms with Crippen molar-refractivity contribution in [1.29, 1.82) is 0 Å². The van der Waals surface area contributed by atoms with Gasteiger partial charge in [-0.2, -0.15) is 0 Å². The number of hydrogen-bond donors (Lipinski definition) is 0. The third-order valence-electron chi connectivity index (χ3n) is 12.3. The van der Waals surface area contributed by atoms with Gasteiger partial charge in [-0.25, -0.2) is 11.8 Å². The maximum atomic E-state index is 7.25. The maximum Gasteiger partial charge on any atom is 0 e. The van der Waals surface area contributed by atoms with E-state index in [0.717, 1.165) is 0 Å². The van der Waals surface area contributed by atoms with Gasteiger partial charge < -0.3 is 33.8 Å². The molecule has 0 amide bonds. The summed E-state index contributed by atoms with van der Waals surface area (Å²) < 4.78 is 0. The molecule has 0 atom stereocenters. The van der Waals surface area contributed by atoms with Crippen molar-refractivity contribution < 1.29 is 40.8 Å². The van der Waals surface area contributed by atoms with Crippen molar-refractivity contribution in [2.24, 2.45) is 0 Å². The molecule has 0 aromatic heterocycles. The van der Waals surface area contributed by atoms with Crippen molar-refractivity contribution in [2.45, 2.75) is 69.2 Å². The Hall–Kier alpha value is -5.94. The smallest absolute Gasteiger partial charge is 0 e. The van der Waals surface area contributed by atoms with Gasteiger partial charge in [0.25, 0.3) is 0 Å². The van der Waals surface area contributed by atoms with Gasteiger partial charge in [-0.15, -0.1) is 11.8 Å². The molecule has 2 fully saturated rings. The van der Waals surface area contributed by atoms with Gasteiger partial charge in [0.1, 0.15) is 0 Å². The van der Waals surface area contributed by atoms with Gasteiger partial charge >= 0.3 is 0 Å². The molecule has 12 radical (unpaired) electrons. The predicted molar refractivity (Wildman–Crippen MR) is 318 cm³/mol. The number of nitrogens with zero attached hydrogens (tertiary/aromatic N) is 2. The second kappa shape index (κ2) is 41.3. The average molecular weight is 1370 g/mol. The fraction of sp³-hybridized carbons (Fsp3) is 0.147. The van der Waals surface area contributed by atoms with Crippen molar-refractivity contribution in [2.75, 3.05) is 0 Å². The largest absolute Gasteiger partial charge is 0.577 e. The minimum absolute atomic E-state index is 0. The zero-order valence-corrected chi connectivity index (χ0v) is 51.9. The molecule has 2 aliphatic carbocycles. The first-order valence-corrected chi connectivity index (χ1v) is 26.1. The zero-order valence-electron chi connectivity index (χ0n) is 44.7. The van der Waals surface area contributed by atoms with E-state index in [1.165, 1.54) is 91.0 Å². The first-order chi connectivity index (χ1) is 35.9. The second-order valence-electron chi connectivity index (χ2n) is 16.2. The number of benzene rings is 6. The summed E-state index contributed by atoms with van der Waals surface area (Å²) in [4.78, 5) is 14.5. The average Bonchev–Trinajstić information content (AvgIpc) is 3.74. The van der Waals surface area contributed by atoms with Crippen LogP contribution in [-0.2, 0) is 40.8 Å². The Morgan fingerprint density at radius 2 is 0.368 bits per heavy atom. The monoisotopic (exact) mass is 1370 g/mol. The molecule has 8 rings (SSSR count). The van der Waals surface area contributed by atoms with Crippen molar-refractivity contribution in [3.63, 3.8) is 0 Å². The molecule has 0 N–H and O–H groups in total. The summed E-state index contributed by atoms with van der Waals surface area (Å²) in [6.07, 6.45) is 12.8. The summed E-state index contributed by atoms with van der Waals surface area (Å²) in [7, 11) is -0.892. The van der Waals surface area contributed by atoms with E-state index < -0.39 is 15.8 Å². The first-order valence-electron chi connectivity index (χ1n) is 23.4. The summed E-state index contributed by atoms with van der Waals surface area (Å²) in [6.45, 7) is 22.0. The van der Waals surface area contributed by atoms with Gasteiger partial charge in [0, 0.05) is 40.8 Å². The number of rotatable bonds is 6. The second-order valence-corrected chi connectivity index (χ2v) is 20.6. The van der Waals surface area contributed by atoms with Crippen LogP contribution < -0.4 is 31.8 Å². The molecular formula is C68H60N2O2P2Re2-4. The van der Waals surface area contributed by atoms with E-state index in [1.54, 1.807) is 0 Å². The number of hydrogen-bond acceptors (Lipinski definition) is 2. The van der Waals surface area contributed by atoms with Gasteiger partial charge in [0.2, 0.25) is 0 Å². The Kier molecular flexibility index (Phi) is 38.0. The Morgan fingerprint density at radius 1 is 0.250 bits per heavy atom. The van der Waals surface area contributed by atoms with Crippen LogP contribution in [0, 0.1) is 141 Å². The van der Waals surface area contributed by atoms with Crippen LogP contribution in [0.3, 0.4) is 0 Å². The maximum absolute atomic E-state index is 7.25. The van der Waals surface area contributed by atoms with Crippen LogP contribution in [0.4, 0.5) is 0 Å². The fourth-order valence-corrected chi connectivity index (χ4v) is 12.0. The van der Waals surface area contributed by atoms with E-state index in [0.29, 0.717) is 0 Å². The van der Waals surface area contributed by atoms with Gasteiger partial charge in [0.05, 0.1) is 0 Å². The van der Waals surface area contributed by atoms with Crippen LogP contribution in [0.25, 0.3) is 11.2 Å². The normalized spacial score (nSPS) is 13.4. The molecule has 6 aromatic carbocycles. The van der Waals surface area contributed by atoms with E-state index >= 15 is 0 Å². The zero-order chi connectivity index (χ0) is 54.7. The molecule has 0 unspecified atom stereocenters. The van der Waals surface area contributed by atoms with Gasteiger partial charge in [0.15, 0.2) is 0 Å². The molecule has 6 aromatic rings. The van der Waals surface area contributed by atoms with E-state index in [1.807, 2.05) is 11.8 Å². The Bertz CT molecular complexity index is 2360. The van der Waals surface area contributed by atoms with Crippen LogP contribution in [0.2, 0.25) is 0 Å². The molecule has 0 aliphatic heterocycles. The van der Waals surface area contributed by atoms with Crippen LogP contribution >= 0.6 is 15.8 Å². The molecule has 2 saturated carbocycles. The summed E-state index contributed by atoms with van der Waals surface area (Å²) >= 11 is 0. The first kappa shape index (κ1) is 70.1. The Balaban J connectivity index is 0.000000929. The summed E-state index contributed by atoms with van der Waals surface area (Å²) in [5.41, 5.74) is 11.5. The van der Waals surface area contributed by atoms with Crippen molar-refractivity contribution in [1.82, 2.24) is 0 Å². The Morgan fingerprint density at radius 3 is 0.487 bits per heavy atom. The molecule has 0 saturated heterocycles. The minimum Gasteiger partial charge on any atom is -0.577 e. The van der Waals surface area contributed by atoms with E-state index in [9.17, 15) is 0 Å². The molecule has 0 bridgehead atoms. The summed E-state index contributed by atoms with van der Waals surface area (Å²) in [5, 5.41) is 8.39. The summed E-state index contributed by atoms with van der Waals surface area (Å²) in [5.74, 6) is 36.9. The molecule has 382 valence electrons. The van der Waals surface area contributed by atoms with Crippen LogP contribution in [0.15, 0.2) is 182 Å². The molecule has 76 heavy (non-hydrogen) atoms. The number of nitroso groups, excluding NO2 is 2. The fourth-order valence-electron chi connectivity index (χ4n) is 7.42. The predicted octanol–water partition coefficient (Wildman–Crippen LogP) is 13.7. The molecular weight excluding hydrogens is 1310 g/mol. The SMILES string of the molecule is C[C]1[C](C)[C](C)[C](C)[C]1C.C[C]1[C](C)[C](C)[C](C)[C]1C.[C-]#CC#CC#CC#CC#CC#[C-].[N-]=O.[N-]=O.[Re].[Re].c1ccc(P(c2ccccc2)c2ccccc2)cc1.c1ccc(P(c2ccccc2)c2ccccc2)cc1. The van der Waals surface area contributed by atoms with Gasteiger partial charge in [-0.05, 0) is 131 Å². The standard InChI is InChI=1S/2C18H15P.C12.2C10H15.2NO.2Re/c2*1-4-10-16(11-5-1)19(17-12-6-2-7-13-17)18-14-8-3-9-15-18;1-3-5-7-9-11-12-10-8-6-4-2;2*1-6-7(2)9(4)10(5)8(6)3;2*1-2;;/h2*1-15H;;2*1-5H3;;;;/q;;-2;;;2*-1;;. The molecule has 0 heterocycles. The van der Waals surface area contributed by atoms with Crippen molar-refractivity contribution in [3.8, 4) is 59.2 Å². The third kappa shape index (κ3) is 23.1. The quantitative estimate of drug-likeness (QED) is 0.0946. The molecule has 0 spiro atoms. The third-order valence-corrected chi connectivity index (χ3v) is 17.2.